The summed E-state index contributed by atoms with van der Waals surface area (Å²) in [5.41, 5.74) is 3.55. The molecule has 0 aliphatic carbocycles. The lowest BCUT2D eigenvalue weighted by Crippen LogP contribution is -2.29. The van der Waals surface area contributed by atoms with Gasteiger partial charge in [0, 0.05) is 24.7 Å². The molecule has 0 spiro atoms. The van der Waals surface area contributed by atoms with Crippen LogP contribution in [0.1, 0.15) is 34.5 Å². The summed E-state index contributed by atoms with van der Waals surface area (Å²) < 4.78 is 23.9. The van der Waals surface area contributed by atoms with Crippen molar-refractivity contribution in [3.05, 3.63) is 64.1 Å². The summed E-state index contributed by atoms with van der Waals surface area (Å²) in [5, 5.41) is 12.9. The van der Waals surface area contributed by atoms with Crippen LogP contribution in [0.5, 0.6) is 5.75 Å². The Balaban J connectivity index is 1.28. The number of ether oxygens (including phenoxy) is 1. The van der Waals surface area contributed by atoms with Gasteiger partial charge in [0.15, 0.2) is 11.0 Å². The van der Waals surface area contributed by atoms with Gasteiger partial charge in [0.2, 0.25) is 0 Å². The summed E-state index contributed by atoms with van der Waals surface area (Å²) in [6.07, 6.45) is 3.53. The molecule has 0 unspecified atom stereocenters. The summed E-state index contributed by atoms with van der Waals surface area (Å²) in [6, 6.07) is 11.5. The van der Waals surface area contributed by atoms with E-state index in [0.717, 1.165) is 37.2 Å². The number of piperidine rings is 1. The lowest BCUT2D eigenvalue weighted by Gasteiger charge is -2.28. The first kappa shape index (κ1) is 20.4. The van der Waals surface area contributed by atoms with E-state index in [4.69, 9.17) is 9.37 Å². The molecule has 1 N–H and O–H groups in total. The third kappa shape index (κ3) is 4.29. The molecule has 32 heavy (non-hydrogen) atoms. The van der Waals surface area contributed by atoms with E-state index in [1.165, 1.54) is 29.9 Å². The Hall–Kier alpha value is -3.46. The van der Waals surface area contributed by atoms with Crippen LogP contribution in [0.4, 0.5) is 15.8 Å². The van der Waals surface area contributed by atoms with Crippen molar-refractivity contribution >= 4 is 39.7 Å². The zero-order valence-electron chi connectivity index (χ0n) is 17.2. The number of hydrogen-bond acceptors (Lipinski definition) is 7. The van der Waals surface area contributed by atoms with Crippen LogP contribution in [0.15, 0.2) is 52.5 Å². The second-order valence-electron chi connectivity index (χ2n) is 7.66. The number of fused-ring (bicyclic) bond motifs is 1. The first-order valence-corrected chi connectivity index (χ1v) is 11.3. The Morgan fingerprint density at radius 1 is 1.12 bits per heavy atom. The smallest absolute Gasteiger partial charge is 0.265 e. The Morgan fingerprint density at radius 2 is 1.97 bits per heavy atom. The van der Waals surface area contributed by atoms with E-state index in [0.29, 0.717) is 27.3 Å². The lowest BCUT2D eigenvalue weighted by atomic mass is 10.1. The number of halogens is 1. The molecule has 0 bridgehead atoms. The van der Waals surface area contributed by atoms with E-state index in [-0.39, 0.29) is 18.3 Å². The number of carbonyl (C=O) groups is 1. The maximum atomic E-state index is 13.3. The zero-order valence-corrected chi connectivity index (χ0v) is 18.0. The minimum Gasteiger partial charge on any atom is -0.489 e. The highest BCUT2D eigenvalue weighted by Crippen LogP contribution is 2.32. The van der Waals surface area contributed by atoms with Crippen molar-refractivity contribution in [3.63, 3.8) is 0 Å². The van der Waals surface area contributed by atoms with Crippen LogP contribution in [0.2, 0.25) is 0 Å². The molecule has 2 aromatic carbocycles. The predicted octanol–water partition coefficient (Wildman–Crippen LogP) is 5.25. The second-order valence-corrected chi connectivity index (χ2v) is 8.57. The third-order valence-corrected chi connectivity index (χ3v) is 6.40. The topological polar surface area (TPSA) is 80.5 Å². The number of amides is 1. The van der Waals surface area contributed by atoms with Gasteiger partial charge in [0.05, 0.1) is 16.3 Å². The van der Waals surface area contributed by atoms with E-state index < -0.39 is 0 Å². The molecule has 2 aromatic heterocycles. The van der Waals surface area contributed by atoms with Gasteiger partial charge in [-0.05, 0) is 65.3 Å². The Kier molecular flexibility index (Phi) is 5.72. The monoisotopic (exact) mass is 452 g/mol. The molecule has 7 nitrogen and oxygen atoms in total. The van der Waals surface area contributed by atoms with Gasteiger partial charge in [0.25, 0.3) is 5.91 Å². The van der Waals surface area contributed by atoms with E-state index in [1.807, 2.05) is 17.5 Å². The second kappa shape index (κ2) is 8.96. The number of hydrogen-bond donors (Lipinski definition) is 1. The van der Waals surface area contributed by atoms with Crippen LogP contribution in [0, 0.1) is 5.82 Å². The van der Waals surface area contributed by atoms with Gasteiger partial charge < -0.3 is 15.0 Å². The SMILES string of the molecule is O=C(Nc1ccc(N2CCCCC2)c2nonc12)c1cc(COc2cccc(F)c2)cs1. The lowest BCUT2D eigenvalue weighted by molar-refractivity contribution is 0.103. The van der Waals surface area contributed by atoms with E-state index in [9.17, 15) is 9.18 Å². The van der Waals surface area contributed by atoms with Crippen molar-refractivity contribution in [2.45, 2.75) is 25.9 Å². The van der Waals surface area contributed by atoms with Gasteiger partial charge in [-0.1, -0.05) is 6.07 Å². The Morgan fingerprint density at radius 3 is 2.81 bits per heavy atom. The molecule has 1 fully saturated rings. The maximum absolute atomic E-state index is 13.3. The average Bonchev–Trinajstić information content (AvgIpc) is 3.49. The normalized spacial score (nSPS) is 14.0. The number of aromatic nitrogens is 2. The van der Waals surface area contributed by atoms with E-state index in [1.54, 1.807) is 18.2 Å². The molecule has 1 amide bonds. The largest absolute Gasteiger partial charge is 0.489 e. The molecule has 0 atom stereocenters. The summed E-state index contributed by atoms with van der Waals surface area (Å²) in [4.78, 5) is 15.6. The molecule has 1 aliphatic heterocycles. The molecule has 0 radical (unpaired) electrons. The first-order chi connectivity index (χ1) is 15.7. The van der Waals surface area contributed by atoms with Gasteiger partial charge in [0.1, 0.15) is 18.2 Å². The number of nitrogens with zero attached hydrogens (tertiary/aromatic N) is 3. The summed E-state index contributed by atoms with van der Waals surface area (Å²) >= 11 is 1.31. The van der Waals surface area contributed by atoms with Crippen molar-refractivity contribution in [1.82, 2.24) is 10.3 Å². The quantitative estimate of drug-likeness (QED) is 0.431. The minimum atomic E-state index is -0.354. The van der Waals surface area contributed by atoms with E-state index in [2.05, 4.69) is 20.5 Å². The van der Waals surface area contributed by atoms with Crippen molar-refractivity contribution in [1.29, 1.82) is 0 Å². The summed E-state index contributed by atoms with van der Waals surface area (Å²) in [7, 11) is 0. The predicted molar refractivity (Wildman–Crippen MR) is 121 cm³/mol. The van der Waals surface area contributed by atoms with Gasteiger partial charge in [-0.25, -0.2) is 9.02 Å². The molecular formula is C23H21FN4O3S. The number of carbonyl (C=O) groups excluding carboxylic acids is 1. The van der Waals surface area contributed by atoms with E-state index >= 15 is 0 Å². The minimum absolute atomic E-state index is 0.245. The first-order valence-electron chi connectivity index (χ1n) is 10.4. The van der Waals surface area contributed by atoms with Crippen LogP contribution >= 0.6 is 11.3 Å². The molecule has 4 aromatic rings. The Bertz CT molecular complexity index is 1250. The molecular weight excluding hydrogens is 431 g/mol. The van der Waals surface area contributed by atoms with Gasteiger partial charge >= 0.3 is 0 Å². The van der Waals surface area contributed by atoms with Crippen molar-refractivity contribution in [3.8, 4) is 5.75 Å². The third-order valence-electron chi connectivity index (χ3n) is 5.42. The number of benzene rings is 2. The van der Waals surface area contributed by atoms with Crippen molar-refractivity contribution < 1.29 is 18.6 Å². The highest BCUT2D eigenvalue weighted by atomic mass is 32.1. The average molecular weight is 453 g/mol. The maximum Gasteiger partial charge on any atom is 0.265 e. The van der Waals surface area contributed by atoms with Crippen LogP contribution in [-0.2, 0) is 6.61 Å². The number of thiophene rings is 1. The molecule has 1 aliphatic rings. The fourth-order valence-electron chi connectivity index (χ4n) is 3.82. The fourth-order valence-corrected chi connectivity index (χ4v) is 4.61. The summed E-state index contributed by atoms with van der Waals surface area (Å²) in [6.45, 7) is 2.20. The van der Waals surface area contributed by atoms with Crippen LogP contribution in [0.25, 0.3) is 11.0 Å². The van der Waals surface area contributed by atoms with Crippen LogP contribution < -0.4 is 15.0 Å². The Labute approximate surface area is 187 Å². The number of anilines is 2. The molecule has 5 rings (SSSR count). The molecule has 3 heterocycles. The fraction of sp³-hybridized carbons (Fsp3) is 0.261. The zero-order chi connectivity index (χ0) is 21.9. The van der Waals surface area contributed by atoms with Crippen LogP contribution in [-0.4, -0.2) is 29.3 Å². The molecule has 0 saturated carbocycles. The standard InChI is InChI=1S/C23H21FN4O3S/c24-16-5-4-6-17(12-16)30-13-15-11-20(32-14-15)23(29)25-18-7-8-19(22-21(18)26-31-27-22)28-9-2-1-3-10-28/h4-8,11-12,14H,1-3,9-10,13H2,(H,25,29). The molecule has 1 saturated heterocycles. The summed E-state index contributed by atoms with van der Waals surface area (Å²) in [5.74, 6) is -0.160. The van der Waals surface area contributed by atoms with Crippen LogP contribution in [0.3, 0.4) is 0 Å². The molecule has 9 heteroatoms. The van der Waals surface area contributed by atoms with Gasteiger partial charge in [-0.15, -0.1) is 11.3 Å². The number of rotatable bonds is 6. The highest BCUT2D eigenvalue weighted by Gasteiger charge is 2.20. The number of nitrogens with one attached hydrogen (secondary N) is 1. The van der Waals surface area contributed by atoms with Crippen molar-refractivity contribution in [2.75, 3.05) is 23.3 Å². The highest BCUT2D eigenvalue weighted by molar-refractivity contribution is 7.12. The van der Waals surface area contributed by atoms with Gasteiger partial charge in [-0.3, -0.25) is 4.79 Å². The molecule has 164 valence electrons. The van der Waals surface area contributed by atoms with Gasteiger partial charge in [-0.2, -0.15) is 0 Å². The van der Waals surface area contributed by atoms with Crippen molar-refractivity contribution in [2.24, 2.45) is 0 Å².